The van der Waals surface area contributed by atoms with Crippen LogP contribution in [0.5, 0.6) is 11.5 Å². The van der Waals surface area contributed by atoms with Crippen molar-refractivity contribution in [2.75, 3.05) is 52.5 Å². The molecule has 28 heavy (non-hydrogen) atoms. The summed E-state index contributed by atoms with van der Waals surface area (Å²) in [6.45, 7) is 12.1. The van der Waals surface area contributed by atoms with E-state index in [0.717, 1.165) is 62.8 Å². The predicted molar refractivity (Wildman–Crippen MR) is 110 cm³/mol. The Bertz CT molecular complexity index is 694. The van der Waals surface area contributed by atoms with Crippen LogP contribution in [0.15, 0.2) is 23.8 Å². The van der Waals surface area contributed by atoms with E-state index in [0.29, 0.717) is 18.8 Å². The number of hydrogen-bond acceptors (Lipinski definition) is 5. The van der Waals surface area contributed by atoms with Crippen molar-refractivity contribution in [2.45, 2.75) is 33.3 Å². The number of carbonyl (C=O) groups excluding carboxylic acids is 1. The topological polar surface area (TPSA) is 51.2 Å². The van der Waals surface area contributed by atoms with Gasteiger partial charge in [-0.1, -0.05) is 6.92 Å². The first-order chi connectivity index (χ1) is 13.6. The normalized spacial score (nSPS) is 17.1. The first-order valence-corrected chi connectivity index (χ1v) is 10.3. The number of ether oxygens (including phenoxy) is 3. The highest BCUT2D eigenvalue weighted by atomic mass is 16.5. The Labute approximate surface area is 168 Å². The van der Waals surface area contributed by atoms with Gasteiger partial charge in [0, 0.05) is 44.4 Å². The lowest BCUT2D eigenvalue weighted by atomic mass is 10.1. The summed E-state index contributed by atoms with van der Waals surface area (Å²) in [5.74, 6) is 1.66. The average molecular weight is 389 g/mol. The molecule has 154 valence electrons. The van der Waals surface area contributed by atoms with E-state index in [2.05, 4.69) is 11.8 Å². The number of piperazine rings is 1. The molecule has 6 heteroatoms. The first kappa shape index (κ1) is 20.7. The van der Waals surface area contributed by atoms with Crippen LogP contribution in [0.3, 0.4) is 0 Å². The summed E-state index contributed by atoms with van der Waals surface area (Å²) >= 11 is 0. The number of carbonyl (C=O) groups is 1. The summed E-state index contributed by atoms with van der Waals surface area (Å²) in [6.07, 6.45) is 3.18. The Kier molecular flexibility index (Phi) is 7.34. The fourth-order valence-corrected chi connectivity index (χ4v) is 3.37. The summed E-state index contributed by atoms with van der Waals surface area (Å²) in [7, 11) is 0. The van der Waals surface area contributed by atoms with Crippen LogP contribution in [0.2, 0.25) is 0 Å². The molecule has 1 fully saturated rings. The Hall–Kier alpha value is -2.05. The third-order valence-corrected chi connectivity index (χ3v) is 4.96. The molecule has 0 unspecified atom stereocenters. The van der Waals surface area contributed by atoms with Gasteiger partial charge in [0.1, 0.15) is 18.1 Å². The smallest absolute Gasteiger partial charge is 0.253 e. The number of hydrogen-bond donors (Lipinski definition) is 0. The van der Waals surface area contributed by atoms with Crippen molar-refractivity contribution in [3.8, 4) is 11.5 Å². The van der Waals surface area contributed by atoms with Crippen molar-refractivity contribution in [1.29, 1.82) is 0 Å². The van der Waals surface area contributed by atoms with Crippen molar-refractivity contribution in [3.05, 3.63) is 29.3 Å². The standard InChI is InChI=1S/C22H32N2O4/c1-4-12-27-20-6-5-18-14-19(16-28-21(18)15-20)22(25)24-9-7-23(8-10-24)11-13-26-17(2)3/h5-6,14-15,17H,4,7-13,16H2,1-3H3. The number of benzene rings is 1. The highest BCUT2D eigenvalue weighted by Crippen LogP contribution is 2.31. The van der Waals surface area contributed by atoms with Crippen LogP contribution >= 0.6 is 0 Å². The number of rotatable bonds is 8. The first-order valence-electron chi connectivity index (χ1n) is 10.3. The molecule has 0 bridgehead atoms. The minimum Gasteiger partial charge on any atom is -0.493 e. The lowest BCUT2D eigenvalue weighted by Crippen LogP contribution is -2.50. The zero-order valence-electron chi connectivity index (χ0n) is 17.3. The third kappa shape index (κ3) is 5.49. The maximum atomic E-state index is 12.9. The zero-order chi connectivity index (χ0) is 19.9. The van der Waals surface area contributed by atoms with Gasteiger partial charge in [-0.15, -0.1) is 0 Å². The van der Waals surface area contributed by atoms with Crippen LogP contribution in [-0.2, 0) is 9.53 Å². The van der Waals surface area contributed by atoms with Crippen LogP contribution in [0.25, 0.3) is 6.08 Å². The molecule has 3 rings (SSSR count). The molecule has 0 atom stereocenters. The molecule has 2 aliphatic rings. The van der Waals surface area contributed by atoms with Crippen LogP contribution in [-0.4, -0.2) is 74.4 Å². The quantitative estimate of drug-likeness (QED) is 0.685. The Morgan fingerprint density at radius 1 is 1.18 bits per heavy atom. The third-order valence-electron chi connectivity index (χ3n) is 4.96. The summed E-state index contributed by atoms with van der Waals surface area (Å²) in [6, 6.07) is 5.79. The van der Waals surface area contributed by atoms with Crippen molar-refractivity contribution in [1.82, 2.24) is 9.80 Å². The van der Waals surface area contributed by atoms with Gasteiger partial charge >= 0.3 is 0 Å². The van der Waals surface area contributed by atoms with Gasteiger partial charge < -0.3 is 19.1 Å². The lowest BCUT2D eigenvalue weighted by Gasteiger charge is -2.35. The van der Waals surface area contributed by atoms with Gasteiger partial charge in [0.15, 0.2) is 0 Å². The Balaban J connectivity index is 1.53. The van der Waals surface area contributed by atoms with E-state index in [-0.39, 0.29) is 12.0 Å². The van der Waals surface area contributed by atoms with Gasteiger partial charge in [-0.3, -0.25) is 9.69 Å². The molecule has 1 aromatic carbocycles. The van der Waals surface area contributed by atoms with Crippen LogP contribution in [0, 0.1) is 0 Å². The SMILES string of the molecule is CCCOc1ccc2c(c1)OCC(C(=O)N1CCN(CCOC(C)C)CC1)=C2. The molecular formula is C22H32N2O4. The monoisotopic (exact) mass is 388 g/mol. The summed E-state index contributed by atoms with van der Waals surface area (Å²) in [5, 5.41) is 0. The second-order valence-corrected chi connectivity index (χ2v) is 7.56. The second kappa shape index (κ2) is 9.94. The fourth-order valence-electron chi connectivity index (χ4n) is 3.37. The maximum absolute atomic E-state index is 12.9. The van der Waals surface area contributed by atoms with Crippen molar-refractivity contribution in [3.63, 3.8) is 0 Å². The summed E-state index contributed by atoms with van der Waals surface area (Å²) in [5.41, 5.74) is 1.65. The molecule has 0 aromatic heterocycles. The van der Waals surface area contributed by atoms with E-state index in [9.17, 15) is 4.79 Å². The number of amides is 1. The van der Waals surface area contributed by atoms with Gasteiger partial charge in [0.25, 0.3) is 5.91 Å². The second-order valence-electron chi connectivity index (χ2n) is 7.56. The molecule has 0 saturated carbocycles. The predicted octanol–water partition coefficient (Wildman–Crippen LogP) is 2.82. The van der Waals surface area contributed by atoms with Crippen LogP contribution in [0.4, 0.5) is 0 Å². The lowest BCUT2D eigenvalue weighted by molar-refractivity contribution is -0.129. The zero-order valence-corrected chi connectivity index (χ0v) is 17.3. The van der Waals surface area contributed by atoms with Crippen LogP contribution in [0.1, 0.15) is 32.8 Å². The van der Waals surface area contributed by atoms with Crippen molar-refractivity contribution < 1.29 is 19.0 Å². The summed E-state index contributed by atoms with van der Waals surface area (Å²) in [4.78, 5) is 17.2. The van der Waals surface area contributed by atoms with Crippen molar-refractivity contribution in [2.24, 2.45) is 0 Å². The average Bonchev–Trinajstić information content (AvgIpc) is 2.71. The van der Waals surface area contributed by atoms with E-state index in [4.69, 9.17) is 14.2 Å². The Morgan fingerprint density at radius 3 is 2.68 bits per heavy atom. The fraction of sp³-hybridized carbons (Fsp3) is 0.591. The number of nitrogens with zero attached hydrogens (tertiary/aromatic N) is 2. The largest absolute Gasteiger partial charge is 0.493 e. The molecule has 1 amide bonds. The molecule has 0 aliphatic carbocycles. The van der Waals surface area contributed by atoms with Gasteiger partial charge in [-0.25, -0.2) is 0 Å². The molecule has 2 heterocycles. The maximum Gasteiger partial charge on any atom is 0.253 e. The van der Waals surface area contributed by atoms with Gasteiger partial charge in [0.05, 0.1) is 24.9 Å². The molecule has 6 nitrogen and oxygen atoms in total. The minimum absolute atomic E-state index is 0.0787. The van der Waals surface area contributed by atoms with Gasteiger partial charge in [-0.05, 0) is 38.5 Å². The van der Waals surface area contributed by atoms with Crippen LogP contribution < -0.4 is 9.47 Å². The summed E-state index contributed by atoms with van der Waals surface area (Å²) < 4.78 is 17.1. The van der Waals surface area contributed by atoms with E-state index in [1.807, 2.05) is 43.0 Å². The molecule has 0 spiro atoms. The van der Waals surface area contributed by atoms with E-state index in [1.165, 1.54) is 0 Å². The highest BCUT2D eigenvalue weighted by molar-refractivity contribution is 5.99. The Morgan fingerprint density at radius 2 is 1.96 bits per heavy atom. The number of fused-ring (bicyclic) bond motifs is 1. The van der Waals surface area contributed by atoms with Gasteiger partial charge in [0.2, 0.25) is 0 Å². The van der Waals surface area contributed by atoms with Crippen molar-refractivity contribution >= 4 is 12.0 Å². The highest BCUT2D eigenvalue weighted by Gasteiger charge is 2.26. The molecule has 2 aliphatic heterocycles. The molecule has 1 saturated heterocycles. The minimum atomic E-state index is 0.0787. The van der Waals surface area contributed by atoms with E-state index in [1.54, 1.807) is 0 Å². The molecule has 0 radical (unpaired) electrons. The molecule has 0 N–H and O–H groups in total. The molecular weight excluding hydrogens is 356 g/mol. The van der Waals surface area contributed by atoms with E-state index < -0.39 is 0 Å². The van der Waals surface area contributed by atoms with E-state index >= 15 is 0 Å². The van der Waals surface area contributed by atoms with Gasteiger partial charge in [-0.2, -0.15) is 0 Å². The molecule has 1 aromatic rings.